The summed E-state index contributed by atoms with van der Waals surface area (Å²) in [4.78, 5) is 15.9. The van der Waals surface area contributed by atoms with Crippen molar-refractivity contribution in [2.75, 3.05) is 82.4 Å². The van der Waals surface area contributed by atoms with E-state index in [1.165, 1.54) is 4.31 Å². The zero-order valence-electron chi connectivity index (χ0n) is 18.9. The molecule has 0 unspecified atom stereocenters. The number of piperazine rings is 2. The van der Waals surface area contributed by atoms with Crippen molar-refractivity contribution in [3.8, 4) is 11.5 Å². The highest BCUT2D eigenvalue weighted by Crippen LogP contribution is 2.33. The molecule has 4 heterocycles. The summed E-state index contributed by atoms with van der Waals surface area (Å²) in [5.41, 5.74) is 0. The molecule has 10 nitrogen and oxygen atoms in total. The fourth-order valence-electron chi connectivity index (χ4n) is 4.33. The van der Waals surface area contributed by atoms with Crippen molar-refractivity contribution in [2.45, 2.75) is 11.3 Å². The van der Waals surface area contributed by atoms with Gasteiger partial charge in [-0.3, -0.25) is 0 Å². The highest BCUT2D eigenvalue weighted by atomic mass is 32.2. The summed E-state index contributed by atoms with van der Waals surface area (Å²) in [5, 5.41) is 0. The fourth-order valence-corrected chi connectivity index (χ4v) is 5.77. The lowest BCUT2D eigenvalue weighted by Gasteiger charge is -2.36. The summed E-state index contributed by atoms with van der Waals surface area (Å²) in [5.74, 6) is 2.85. The second kappa shape index (κ2) is 9.32. The van der Waals surface area contributed by atoms with Gasteiger partial charge in [-0.25, -0.2) is 18.4 Å². The third kappa shape index (κ3) is 4.71. The second-order valence-electron chi connectivity index (χ2n) is 8.57. The van der Waals surface area contributed by atoms with Gasteiger partial charge in [-0.05, 0) is 19.2 Å². The second-order valence-corrected chi connectivity index (χ2v) is 10.5. The predicted molar refractivity (Wildman–Crippen MR) is 125 cm³/mol. The summed E-state index contributed by atoms with van der Waals surface area (Å²) >= 11 is 0. The molecule has 0 bridgehead atoms. The largest absolute Gasteiger partial charge is 0.490 e. The molecule has 178 valence electrons. The summed E-state index contributed by atoms with van der Waals surface area (Å²) < 4.78 is 39.4. The molecular weight excluding hydrogens is 444 g/mol. The lowest BCUT2D eigenvalue weighted by Crippen LogP contribution is -2.49. The number of benzene rings is 1. The minimum absolute atomic E-state index is 0.236. The van der Waals surface area contributed by atoms with Crippen LogP contribution in [0.15, 0.2) is 35.5 Å². The molecule has 11 heteroatoms. The number of rotatable bonds is 4. The number of nitrogens with zero attached hydrogens (tertiary/aromatic N) is 6. The first-order valence-electron chi connectivity index (χ1n) is 11.4. The summed E-state index contributed by atoms with van der Waals surface area (Å²) in [6.45, 7) is 6.92. The van der Waals surface area contributed by atoms with E-state index in [9.17, 15) is 8.42 Å². The molecule has 2 saturated heterocycles. The molecule has 2 fully saturated rings. The van der Waals surface area contributed by atoms with Crippen molar-refractivity contribution >= 4 is 21.7 Å². The van der Waals surface area contributed by atoms with Crippen LogP contribution in [-0.2, 0) is 10.0 Å². The van der Waals surface area contributed by atoms with E-state index in [2.05, 4.69) is 31.7 Å². The standard InChI is InChI=1S/C22H30N6O4S/c1-25-5-7-26(8-6-25)21-16-22(24-17-23-21)27-9-11-28(12-10-27)33(29,30)18-3-4-19-20(15-18)32-14-2-13-31-19/h3-4,15-17H,2,5-14H2,1H3. The molecule has 0 amide bonds. The van der Waals surface area contributed by atoms with Crippen molar-refractivity contribution in [3.05, 3.63) is 30.6 Å². The monoisotopic (exact) mass is 474 g/mol. The van der Waals surface area contributed by atoms with E-state index in [0.717, 1.165) is 44.2 Å². The molecule has 1 aromatic heterocycles. The number of ether oxygens (including phenoxy) is 2. The first kappa shape index (κ1) is 22.2. The molecule has 0 spiro atoms. The Morgan fingerprint density at radius 2 is 1.39 bits per heavy atom. The van der Waals surface area contributed by atoms with Crippen molar-refractivity contribution in [2.24, 2.45) is 0 Å². The quantitative estimate of drug-likeness (QED) is 0.641. The summed E-state index contributed by atoms with van der Waals surface area (Å²) in [6, 6.07) is 6.88. The molecule has 1 aromatic carbocycles. The molecule has 0 saturated carbocycles. The molecule has 3 aliphatic rings. The molecule has 0 atom stereocenters. The molecule has 3 aliphatic heterocycles. The van der Waals surface area contributed by atoms with Gasteiger partial charge < -0.3 is 24.2 Å². The van der Waals surface area contributed by atoms with Gasteiger partial charge in [0.25, 0.3) is 0 Å². The van der Waals surface area contributed by atoms with Gasteiger partial charge in [-0.1, -0.05) is 0 Å². The maximum absolute atomic E-state index is 13.3. The third-order valence-electron chi connectivity index (χ3n) is 6.38. The Labute approximate surface area is 194 Å². The molecule has 2 aromatic rings. The minimum Gasteiger partial charge on any atom is -0.490 e. The zero-order valence-corrected chi connectivity index (χ0v) is 19.7. The fraction of sp³-hybridized carbons (Fsp3) is 0.545. The maximum Gasteiger partial charge on any atom is 0.243 e. The average Bonchev–Trinajstić information content (AvgIpc) is 3.10. The van der Waals surface area contributed by atoms with Crippen LogP contribution in [0, 0.1) is 0 Å². The highest BCUT2D eigenvalue weighted by Gasteiger charge is 2.30. The maximum atomic E-state index is 13.3. The van der Waals surface area contributed by atoms with E-state index in [0.29, 0.717) is 50.9 Å². The average molecular weight is 475 g/mol. The van der Waals surface area contributed by atoms with Crippen molar-refractivity contribution < 1.29 is 17.9 Å². The molecule has 5 rings (SSSR count). The van der Waals surface area contributed by atoms with E-state index in [1.807, 2.05) is 6.07 Å². The lowest BCUT2D eigenvalue weighted by atomic mass is 10.3. The van der Waals surface area contributed by atoms with Gasteiger partial charge in [-0.2, -0.15) is 4.31 Å². The van der Waals surface area contributed by atoms with E-state index in [1.54, 1.807) is 24.5 Å². The van der Waals surface area contributed by atoms with Crippen LogP contribution < -0.4 is 19.3 Å². The molecule has 0 radical (unpaired) electrons. The van der Waals surface area contributed by atoms with Crippen molar-refractivity contribution in [1.82, 2.24) is 19.2 Å². The number of fused-ring (bicyclic) bond motifs is 1. The summed E-state index contributed by atoms with van der Waals surface area (Å²) in [7, 11) is -1.49. The number of hydrogen-bond donors (Lipinski definition) is 0. The third-order valence-corrected chi connectivity index (χ3v) is 8.28. The predicted octanol–water partition coefficient (Wildman–Crippen LogP) is 0.901. The Hall–Kier alpha value is -2.63. The number of aromatic nitrogens is 2. The molecule has 33 heavy (non-hydrogen) atoms. The van der Waals surface area contributed by atoms with Crippen LogP contribution in [0.5, 0.6) is 11.5 Å². The minimum atomic E-state index is -3.62. The number of anilines is 2. The van der Waals surface area contributed by atoms with Crippen LogP contribution in [0.1, 0.15) is 6.42 Å². The number of sulfonamides is 1. The Bertz CT molecular complexity index is 1080. The molecule has 0 aliphatic carbocycles. The highest BCUT2D eigenvalue weighted by molar-refractivity contribution is 7.89. The first-order chi connectivity index (χ1) is 16.0. The Morgan fingerprint density at radius 1 is 0.788 bits per heavy atom. The first-order valence-corrected chi connectivity index (χ1v) is 12.8. The van der Waals surface area contributed by atoms with Crippen LogP contribution in [-0.4, -0.2) is 100 Å². The normalized spacial score (nSPS) is 20.5. The molecular formula is C22H30N6O4S. The van der Waals surface area contributed by atoms with Gasteiger partial charge in [0.05, 0.1) is 18.1 Å². The SMILES string of the molecule is CN1CCN(c2cc(N3CCN(S(=O)(=O)c4ccc5c(c4)OCCCO5)CC3)ncn2)CC1. The lowest BCUT2D eigenvalue weighted by molar-refractivity contribution is 0.296. The van der Waals surface area contributed by atoms with E-state index in [4.69, 9.17) is 9.47 Å². The van der Waals surface area contributed by atoms with Crippen LogP contribution in [0.3, 0.4) is 0 Å². The van der Waals surface area contributed by atoms with Crippen LogP contribution in [0.2, 0.25) is 0 Å². The van der Waals surface area contributed by atoms with Crippen LogP contribution >= 0.6 is 0 Å². The summed E-state index contributed by atoms with van der Waals surface area (Å²) in [6.07, 6.45) is 2.38. The number of likely N-dealkylation sites (N-methyl/N-ethyl adjacent to an activating group) is 1. The van der Waals surface area contributed by atoms with E-state index >= 15 is 0 Å². The van der Waals surface area contributed by atoms with Gasteiger partial charge >= 0.3 is 0 Å². The zero-order chi connectivity index (χ0) is 22.8. The van der Waals surface area contributed by atoms with Gasteiger partial charge in [0.15, 0.2) is 11.5 Å². The van der Waals surface area contributed by atoms with Gasteiger partial charge in [0.2, 0.25) is 10.0 Å². The van der Waals surface area contributed by atoms with Crippen LogP contribution in [0.4, 0.5) is 11.6 Å². The van der Waals surface area contributed by atoms with Gasteiger partial charge in [0.1, 0.15) is 18.0 Å². The van der Waals surface area contributed by atoms with Crippen molar-refractivity contribution in [3.63, 3.8) is 0 Å². The Morgan fingerprint density at radius 3 is 2.06 bits per heavy atom. The smallest absolute Gasteiger partial charge is 0.243 e. The van der Waals surface area contributed by atoms with Gasteiger partial charge in [-0.15, -0.1) is 0 Å². The Balaban J connectivity index is 1.25. The van der Waals surface area contributed by atoms with Crippen LogP contribution in [0.25, 0.3) is 0 Å². The van der Waals surface area contributed by atoms with Gasteiger partial charge in [0, 0.05) is 70.9 Å². The van der Waals surface area contributed by atoms with Crippen molar-refractivity contribution in [1.29, 1.82) is 0 Å². The Kier molecular flexibility index (Phi) is 6.26. The van der Waals surface area contributed by atoms with E-state index < -0.39 is 10.0 Å². The topological polar surface area (TPSA) is 91.3 Å². The van der Waals surface area contributed by atoms with E-state index in [-0.39, 0.29) is 4.90 Å². The molecule has 0 N–H and O–H groups in total. The number of hydrogen-bond acceptors (Lipinski definition) is 9.